The molecule has 0 bridgehead atoms. The van der Waals surface area contributed by atoms with Crippen LogP contribution in [0, 0.1) is 0 Å². The van der Waals surface area contributed by atoms with Gasteiger partial charge in [0.2, 0.25) is 5.91 Å². The van der Waals surface area contributed by atoms with Crippen LogP contribution < -0.4 is 16.0 Å². The Hall–Kier alpha value is -4.00. The number of rotatable bonds is 6. The van der Waals surface area contributed by atoms with Crippen molar-refractivity contribution in [3.05, 3.63) is 89.7 Å². The third kappa shape index (κ3) is 5.74. The molecule has 0 aliphatic rings. The maximum absolute atomic E-state index is 12.5. The summed E-state index contributed by atoms with van der Waals surface area (Å²) < 4.78 is 0. The number of nitrogens with one attached hydrogen (secondary N) is 3. The Labute approximate surface area is 168 Å². The Morgan fingerprint density at radius 2 is 1.48 bits per heavy atom. The zero-order valence-corrected chi connectivity index (χ0v) is 15.8. The van der Waals surface area contributed by atoms with Crippen LogP contribution in [0.1, 0.15) is 33.3 Å². The summed E-state index contributed by atoms with van der Waals surface area (Å²) in [6, 6.07) is 19.2. The molecule has 7 nitrogen and oxygen atoms in total. The summed E-state index contributed by atoms with van der Waals surface area (Å²) in [5, 5.41) is 8.19. The van der Waals surface area contributed by atoms with Crippen LogP contribution >= 0.6 is 0 Å². The number of carbonyl (C=O) groups is 3. The molecule has 7 heteroatoms. The Kier molecular flexibility index (Phi) is 6.32. The van der Waals surface area contributed by atoms with Gasteiger partial charge in [-0.05, 0) is 42.0 Å². The summed E-state index contributed by atoms with van der Waals surface area (Å²) in [5.74, 6) is -0.892. The molecule has 1 aromatic heterocycles. The summed E-state index contributed by atoms with van der Waals surface area (Å²) in [6.45, 7) is 1.80. The summed E-state index contributed by atoms with van der Waals surface area (Å²) in [5.41, 5.74) is 2.65. The maximum Gasteiger partial charge on any atom is 0.270 e. The largest absolute Gasteiger partial charge is 0.347 e. The van der Waals surface area contributed by atoms with Crippen LogP contribution in [0.15, 0.2) is 72.9 Å². The molecule has 2 aromatic carbocycles. The van der Waals surface area contributed by atoms with Gasteiger partial charge in [-0.15, -0.1) is 0 Å². The van der Waals surface area contributed by atoms with Crippen LogP contribution in [0.5, 0.6) is 0 Å². The van der Waals surface area contributed by atoms with Crippen LogP contribution in [0.25, 0.3) is 0 Å². The minimum atomic E-state index is -0.364. The third-order valence-corrected chi connectivity index (χ3v) is 4.01. The number of benzene rings is 2. The van der Waals surface area contributed by atoms with Gasteiger partial charge >= 0.3 is 0 Å². The number of amides is 3. The molecule has 0 saturated carbocycles. The monoisotopic (exact) mass is 388 g/mol. The molecular weight excluding hydrogens is 368 g/mol. The van der Waals surface area contributed by atoms with Gasteiger partial charge in [0.15, 0.2) is 0 Å². The molecular formula is C22H20N4O3. The highest BCUT2D eigenvalue weighted by Crippen LogP contribution is 2.15. The number of pyridine rings is 1. The fourth-order valence-corrected chi connectivity index (χ4v) is 2.61. The second kappa shape index (κ2) is 9.27. The minimum absolute atomic E-state index is 0.162. The Morgan fingerprint density at radius 3 is 2.14 bits per heavy atom. The summed E-state index contributed by atoms with van der Waals surface area (Å²) in [4.78, 5) is 39.9. The van der Waals surface area contributed by atoms with Crippen molar-refractivity contribution in [1.29, 1.82) is 0 Å². The van der Waals surface area contributed by atoms with Crippen LogP contribution in [-0.2, 0) is 11.3 Å². The molecule has 0 aliphatic heterocycles. The zero-order valence-electron chi connectivity index (χ0n) is 15.8. The average molecular weight is 388 g/mol. The van der Waals surface area contributed by atoms with E-state index in [4.69, 9.17) is 0 Å². The highest BCUT2D eigenvalue weighted by atomic mass is 16.2. The Bertz CT molecular complexity index is 1020. The van der Waals surface area contributed by atoms with Crippen molar-refractivity contribution in [1.82, 2.24) is 10.3 Å². The SMILES string of the molecule is CC(=O)Nc1ccc(NC(=O)c2ccnc(C(=O)NCc3ccccc3)c2)cc1. The molecule has 0 atom stereocenters. The van der Waals surface area contributed by atoms with Crippen molar-refractivity contribution in [3.63, 3.8) is 0 Å². The van der Waals surface area contributed by atoms with E-state index in [0.29, 0.717) is 23.5 Å². The van der Waals surface area contributed by atoms with Gasteiger partial charge < -0.3 is 16.0 Å². The summed E-state index contributed by atoms with van der Waals surface area (Å²) >= 11 is 0. The first-order valence-electron chi connectivity index (χ1n) is 8.98. The van der Waals surface area contributed by atoms with E-state index in [-0.39, 0.29) is 23.4 Å². The number of aromatic nitrogens is 1. The van der Waals surface area contributed by atoms with Gasteiger partial charge in [-0.3, -0.25) is 19.4 Å². The van der Waals surface area contributed by atoms with E-state index >= 15 is 0 Å². The fraction of sp³-hybridized carbons (Fsp3) is 0.0909. The Balaban J connectivity index is 1.62. The van der Waals surface area contributed by atoms with Gasteiger partial charge in [0.05, 0.1) is 0 Å². The quantitative estimate of drug-likeness (QED) is 0.604. The number of hydrogen-bond acceptors (Lipinski definition) is 4. The number of anilines is 2. The van der Waals surface area contributed by atoms with Gasteiger partial charge in [0, 0.05) is 36.6 Å². The maximum atomic E-state index is 12.5. The first kappa shape index (κ1) is 19.8. The highest BCUT2D eigenvalue weighted by molar-refractivity contribution is 6.05. The Morgan fingerprint density at radius 1 is 0.828 bits per heavy atom. The molecule has 0 fully saturated rings. The first-order valence-corrected chi connectivity index (χ1v) is 8.98. The standard InChI is InChI=1S/C22H20N4O3/c1-15(27)25-18-7-9-19(10-8-18)26-21(28)17-11-12-23-20(13-17)22(29)24-14-16-5-3-2-4-6-16/h2-13H,14H2,1H3,(H,24,29)(H,25,27)(H,26,28). The van der Waals surface area contributed by atoms with E-state index < -0.39 is 0 Å². The second-order valence-corrected chi connectivity index (χ2v) is 6.31. The molecule has 3 rings (SSSR count). The fourth-order valence-electron chi connectivity index (χ4n) is 2.61. The lowest BCUT2D eigenvalue weighted by Crippen LogP contribution is -2.24. The van der Waals surface area contributed by atoms with Crippen molar-refractivity contribution < 1.29 is 14.4 Å². The molecule has 3 amide bonds. The zero-order chi connectivity index (χ0) is 20.6. The number of nitrogens with zero attached hydrogens (tertiary/aromatic N) is 1. The van der Waals surface area contributed by atoms with E-state index in [1.54, 1.807) is 24.3 Å². The molecule has 1 heterocycles. The molecule has 29 heavy (non-hydrogen) atoms. The van der Waals surface area contributed by atoms with Crippen LogP contribution in [-0.4, -0.2) is 22.7 Å². The van der Waals surface area contributed by atoms with Gasteiger partial charge in [-0.1, -0.05) is 30.3 Å². The van der Waals surface area contributed by atoms with E-state index in [0.717, 1.165) is 5.56 Å². The lowest BCUT2D eigenvalue weighted by molar-refractivity contribution is -0.114. The van der Waals surface area contributed by atoms with Crippen molar-refractivity contribution in [2.75, 3.05) is 10.6 Å². The normalized spacial score (nSPS) is 10.1. The van der Waals surface area contributed by atoms with Crippen molar-refractivity contribution in [2.45, 2.75) is 13.5 Å². The molecule has 0 saturated heterocycles. The molecule has 0 spiro atoms. The minimum Gasteiger partial charge on any atom is -0.347 e. The van der Waals surface area contributed by atoms with Crippen LogP contribution in [0.4, 0.5) is 11.4 Å². The smallest absolute Gasteiger partial charge is 0.270 e. The predicted octanol–water partition coefficient (Wildman–Crippen LogP) is 3.22. The summed E-state index contributed by atoms with van der Waals surface area (Å²) in [6.07, 6.45) is 1.42. The predicted molar refractivity (Wildman–Crippen MR) is 111 cm³/mol. The van der Waals surface area contributed by atoms with E-state index in [9.17, 15) is 14.4 Å². The van der Waals surface area contributed by atoms with Crippen LogP contribution in [0.2, 0.25) is 0 Å². The van der Waals surface area contributed by atoms with Crippen molar-refractivity contribution >= 4 is 29.1 Å². The average Bonchev–Trinajstić information content (AvgIpc) is 2.74. The van der Waals surface area contributed by atoms with E-state index in [2.05, 4.69) is 20.9 Å². The van der Waals surface area contributed by atoms with Crippen molar-refractivity contribution in [2.24, 2.45) is 0 Å². The molecule has 0 aliphatic carbocycles. The number of carbonyl (C=O) groups excluding carboxylic acids is 3. The third-order valence-electron chi connectivity index (χ3n) is 4.01. The van der Waals surface area contributed by atoms with Gasteiger partial charge in [-0.2, -0.15) is 0 Å². The van der Waals surface area contributed by atoms with Crippen molar-refractivity contribution in [3.8, 4) is 0 Å². The van der Waals surface area contributed by atoms with Gasteiger partial charge in [0.25, 0.3) is 11.8 Å². The topological polar surface area (TPSA) is 100 Å². The lowest BCUT2D eigenvalue weighted by atomic mass is 10.2. The van der Waals surface area contributed by atoms with E-state index in [1.807, 2.05) is 30.3 Å². The summed E-state index contributed by atoms with van der Waals surface area (Å²) in [7, 11) is 0. The first-order chi connectivity index (χ1) is 14.0. The van der Waals surface area contributed by atoms with Gasteiger partial charge in [-0.25, -0.2) is 0 Å². The molecule has 3 aromatic rings. The second-order valence-electron chi connectivity index (χ2n) is 6.31. The molecule has 3 N–H and O–H groups in total. The number of hydrogen-bond donors (Lipinski definition) is 3. The molecule has 0 radical (unpaired) electrons. The van der Waals surface area contributed by atoms with E-state index in [1.165, 1.54) is 25.3 Å². The van der Waals surface area contributed by atoms with Crippen LogP contribution in [0.3, 0.4) is 0 Å². The molecule has 146 valence electrons. The molecule has 0 unspecified atom stereocenters. The lowest BCUT2D eigenvalue weighted by Gasteiger charge is -2.08. The van der Waals surface area contributed by atoms with Gasteiger partial charge in [0.1, 0.15) is 5.69 Å². The highest BCUT2D eigenvalue weighted by Gasteiger charge is 2.12.